The van der Waals surface area contributed by atoms with Crippen molar-refractivity contribution < 1.29 is 19.1 Å². The number of carbonyl (C=O) groups excluding carboxylic acids is 2. The maximum absolute atomic E-state index is 12.3. The maximum atomic E-state index is 12.3. The Hall–Kier alpha value is -1.67. The summed E-state index contributed by atoms with van der Waals surface area (Å²) in [6.45, 7) is 5.93. The monoisotopic (exact) mass is 313 g/mol. The lowest BCUT2D eigenvalue weighted by Gasteiger charge is -2.29. The fraction of sp³-hybridized carbons (Fsp3) is 0.615. The lowest BCUT2D eigenvalue weighted by molar-refractivity contribution is -0.135. The molecule has 21 heavy (non-hydrogen) atoms. The second-order valence-electron chi connectivity index (χ2n) is 4.72. The van der Waals surface area contributed by atoms with Crippen LogP contribution in [0.4, 0.5) is 5.13 Å². The van der Waals surface area contributed by atoms with Gasteiger partial charge < -0.3 is 19.7 Å². The van der Waals surface area contributed by atoms with Crippen molar-refractivity contribution in [2.45, 2.75) is 19.9 Å². The van der Waals surface area contributed by atoms with Crippen molar-refractivity contribution >= 4 is 28.3 Å². The van der Waals surface area contributed by atoms with E-state index in [0.29, 0.717) is 31.4 Å². The Morgan fingerprint density at radius 2 is 2.10 bits per heavy atom. The summed E-state index contributed by atoms with van der Waals surface area (Å²) in [5.41, 5.74) is 0.288. The smallest absolute Gasteiger partial charge is 0.357 e. The van der Waals surface area contributed by atoms with Crippen LogP contribution in [0.25, 0.3) is 0 Å². The van der Waals surface area contributed by atoms with Crippen LogP contribution in [0.2, 0.25) is 0 Å². The van der Waals surface area contributed by atoms with Gasteiger partial charge in [0.05, 0.1) is 20.3 Å². The average Bonchev–Trinajstić information content (AvgIpc) is 2.87. The number of carbonyl (C=O) groups is 2. The first kappa shape index (κ1) is 15.7. The molecule has 1 aliphatic heterocycles. The highest BCUT2D eigenvalue weighted by Crippen LogP contribution is 2.23. The molecule has 1 amide bonds. The Morgan fingerprint density at radius 3 is 2.71 bits per heavy atom. The molecule has 1 aliphatic rings. The molecule has 1 aromatic rings. The van der Waals surface area contributed by atoms with Crippen molar-refractivity contribution in [1.29, 1.82) is 0 Å². The van der Waals surface area contributed by atoms with Gasteiger partial charge in [-0.1, -0.05) is 0 Å². The quantitative estimate of drug-likeness (QED) is 0.832. The molecule has 0 aromatic carbocycles. The number of nitrogens with zero attached hydrogens (tertiary/aromatic N) is 2. The SMILES string of the molecule is COC(=O)c1nc(NC(C)C(=O)N2CCOCC2)sc1C. The van der Waals surface area contributed by atoms with E-state index in [1.165, 1.54) is 18.4 Å². The molecule has 8 heteroatoms. The molecule has 1 N–H and O–H groups in total. The van der Waals surface area contributed by atoms with Crippen molar-refractivity contribution in [3.05, 3.63) is 10.6 Å². The molecule has 0 spiro atoms. The van der Waals surface area contributed by atoms with E-state index in [9.17, 15) is 9.59 Å². The van der Waals surface area contributed by atoms with E-state index in [1.807, 2.05) is 0 Å². The van der Waals surface area contributed by atoms with Crippen molar-refractivity contribution in [2.75, 3.05) is 38.7 Å². The number of morpholine rings is 1. The van der Waals surface area contributed by atoms with Crippen LogP contribution < -0.4 is 5.32 Å². The number of ether oxygens (including phenoxy) is 2. The summed E-state index contributed by atoms with van der Waals surface area (Å²) < 4.78 is 9.90. The van der Waals surface area contributed by atoms with Crippen molar-refractivity contribution in [3.8, 4) is 0 Å². The zero-order valence-corrected chi connectivity index (χ0v) is 13.2. The summed E-state index contributed by atoms with van der Waals surface area (Å²) in [6, 6.07) is -0.404. The van der Waals surface area contributed by atoms with Gasteiger partial charge in [0.2, 0.25) is 5.91 Å². The zero-order valence-electron chi connectivity index (χ0n) is 12.3. The number of esters is 1. The van der Waals surface area contributed by atoms with Crippen LogP contribution in [0, 0.1) is 6.92 Å². The third-order valence-corrected chi connectivity index (χ3v) is 4.11. The van der Waals surface area contributed by atoms with Crippen LogP contribution >= 0.6 is 11.3 Å². The van der Waals surface area contributed by atoms with Gasteiger partial charge in [-0.2, -0.15) is 0 Å². The van der Waals surface area contributed by atoms with Crippen molar-refractivity contribution in [1.82, 2.24) is 9.88 Å². The number of anilines is 1. The van der Waals surface area contributed by atoms with Gasteiger partial charge in [0.25, 0.3) is 0 Å². The summed E-state index contributed by atoms with van der Waals surface area (Å²) >= 11 is 1.33. The summed E-state index contributed by atoms with van der Waals surface area (Å²) in [5, 5.41) is 3.59. The largest absolute Gasteiger partial charge is 0.464 e. The van der Waals surface area contributed by atoms with Crippen LogP contribution in [0.15, 0.2) is 0 Å². The molecule has 1 unspecified atom stereocenters. The molecule has 0 aliphatic carbocycles. The predicted molar refractivity (Wildman–Crippen MR) is 78.7 cm³/mol. The highest BCUT2D eigenvalue weighted by Gasteiger charge is 2.24. The van der Waals surface area contributed by atoms with Crippen LogP contribution in [0.3, 0.4) is 0 Å². The van der Waals surface area contributed by atoms with Gasteiger partial charge in [-0.15, -0.1) is 11.3 Å². The molecular weight excluding hydrogens is 294 g/mol. The number of nitrogens with one attached hydrogen (secondary N) is 1. The minimum absolute atomic E-state index is 0.00534. The number of rotatable bonds is 4. The lowest BCUT2D eigenvalue weighted by atomic mass is 10.2. The Kier molecular flexibility index (Phi) is 5.13. The van der Waals surface area contributed by atoms with Gasteiger partial charge in [-0.25, -0.2) is 9.78 Å². The maximum Gasteiger partial charge on any atom is 0.357 e. The molecule has 0 radical (unpaired) electrons. The van der Waals surface area contributed by atoms with Crippen molar-refractivity contribution in [3.63, 3.8) is 0 Å². The first-order valence-corrected chi connectivity index (χ1v) is 7.53. The summed E-state index contributed by atoms with van der Waals surface area (Å²) in [5.74, 6) is -0.463. The van der Waals surface area contributed by atoms with E-state index in [-0.39, 0.29) is 11.6 Å². The minimum atomic E-state index is -0.469. The molecule has 1 saturated heterocycles. The Balaban J connectivity index is 2.00. The first-order chi connectivity index (χ1) is 10.0. The number of aryl methyl sites for hydroxylation is 1. The zero-order chi connectivity index (χ0) is 15.4. The van der Waals surface area contributed by atoms with Gasteiger partial charge in [0.15, 0.2) is 10.8 Å². The number of amides is 1. The summed E-state index contributed by atoms with van der Waals surface area (Å²) in [4.78, 5) is 30.5. The predicted octanol–water partition coefficient (Wildman–Crippen LogP) is 0.897. The number of aromatic nitrogens is 1. The van der Waals surface area contributed by atoms with Gasteiger partial charge in [0.1, 0.15) is 6.04 Å². The van der Waals surface area contributed by atoms with E-state index >= 15 is 0 Å². The standard InChI is InChI=1S/C13H19N3O4S/c1-8(11(17)16-4-6-20-7-5-16)14-13-15-10(9(2)21-13)12(18)19-3/h8H,4-7H2,1-3H3,(H,14,15). The van der Waals surface area contributed by atoms with Gasteiger partial charge >= 0.3 is 5.97 Å². The molecule has 116 valence electrons. The normalized spacial score (nSPS) is 16.4. The molecule has 0 saturated carbocycles. The number of thiazole rings is 1. The second-order valence-corrected chi connectivity index (χ2v) is 5.92. The van der Waals surface area contributed by atoms with E-state index in [0.717, 1.165) is 4.88 Å². The molecular formula is C13H19N3O4S. The van der Waals surface area contributed by atoms with Crippen molar-refractivity contribution in [2.24, 2.45) is 0 Å². The third kappa shape index (κ3) is 3.70. The molecule has 1 atom stereocenters. The van der Waals surface area contributed by atoms with Gasteiger partial charge in [0, 0.05) is 18.0 Å². The summed E-state index contributed by atoms with van der Waals surface area (Å²) in [7, 11) is 1.32. The number of hydrogen-bond donors (Lipinski definition) is 1. The molecule has 2 rings (SSSR count). The van der Waals surface area contributed by atoms with Crippen LogP contribution in [-0.2, 0) is 14.3 Å². The van der Waals surface area contributed by atoms with Gasteiger partial charge in [-0.05, 0) is 13.8 Å². The molecule has 1 fully saturated rings. The Morgan fingerprint density at radius 1 is 1.43 bits per heavy atom. The lowest BCUT2D eigenvalue weighted by Crippen LogP contribution is -2.46. The van der Waals surface area contributed by atoms with E-state index < -0.39 is 12.0 Å². The average molecular weight is 313 g/mol. The van der Waals surface area contributed by atoms with Crippen LogP contribution in [0.5, 0.6) is 0 Å². The summed E-state index contributed by atoms with van der Waals surface area (Å²) in [6.07, 6.45) is 0. The highest BCUT2D eigenvalue weighted by atomic mass is 32.1. The molecule has 7 nitrogen and oxygen atoms in total. The topological polar surface area (TPSA) is 80.8 Å². The molecule has 0 bridgehead atoms. The molecule has 1 aromatic heterocycles. The second kappa shape index (κ2) is 6.86. The van der Waals surface area contributed by atoms with E-state index in [4.69, 9.17) is 4.74 Å². The van der Waals surface area contributed by atoms with Crippen LogP contribution in [0.1, 0.15) is 22.3 Å². The first-order valence-electron chi connectivity index (χ1n) is 6.71. The number of methoxy groups -OCH3 is 1. The van der Waals surface area contributed by atoms with E-state index in [1.54, 1.807) is 18.7 Å². The minimum Gasteiger partial charge on any atom is -0.464 e. The fourth-order valence-electron chi connectivity index (χ4n) is 2.05. The Labute approximate surface area is 127 Å². The number of hydrogen-bond acceptors (Lipinski definition) is 7. The van der Waals surface area contributed by atoms with Gasteiger partial charge in [-0.3, -0.25) is 4.79 Å². The van der Waals surface area contributed by atoms with E-state index in [2.05, 4.69) is 15.0 Å². The molecule has 2 heterocycles. The van der Waals surface area contributed by atoms with Crippen LogP contribution in [-0.4, -0.2) is 61.2 Å². The Bertz CT molecular complexity index is 525. The third-order valence-electron chi connectivity index (χ3n) is 3.21. The highest BCUT2D eigenvalue weighted by molar-refractivity contribution is 7.15. The fourth-order valence-corrected chi connectivity index (χ4v) is 2.94.